The minimum atomic E-state index is 0. The number of rotatable bonds is 1. The number of fused-ring (bicyclic) bond motifs is 1. The van der Waals surface area contributed by atoms with Gasteiger partial charge in [0.2, 0.25) is 5.95 Å². The van der Waals surface area contributed by atoms with Crippen molar-refractivity contribution in [2.24, 2.45) is 0 Å². The minimum absolute atomic E-state index is 0. The summed E-state index contributed by atoms with van der Waals surface area (Å²) in [5, 5.41) is 10.2. The van der Waals surface area contributed by atoms with E-state index in [4.69, 9.17) is 0 Å². The Morgan fingerprint density at radius 2 is 2.38 bits per heavy atom. The lowest BCUT2D eigenvalue weighted by atomic mass is 10.4. The van der Waals surface area contributed by atoms with Gasteiger partial charge in [-0.3, -0.25) is 0 Å². The molecule has 1 N–H and O–H groups in total. The number of hydrogen-bond donors (Lipinski definition) is 1. The molecule has 3 heterocycles. The maximum Gasteiger partial charge on any atom is 0.225 e. The Morgan fingerprint density at radius 3 is 3.08 bits per heavy atom. The smallest absolute Gasteiger partial charge is 0.225 e. The van der Waals surface area contributed by atoms with Gasteiger partial charge in [-0.2, -0.15) is 10.1 Å². The monoisotopic (exact) mass is 195 g/mol. The van der Waals surface area contributed by atoms with Gasteiger partial charge in [0.1, 0.15) is 11.3 Å². The predicted octanol–water partition coefficient (Wildman–Crippen LogP) is 1.34. The first kappa shape index (κ1) is 8.18. The highest BCUT2D eigenvalue weighted by atomic mass is 32.1. The molecule has 0 radical (unpaired) electrons. The van der Waals surface area contributed by atoms with E-state index in [0.717, 1.165) is 11.0 Å². The van der Waals surface area contributed by atoms with E-state index in [1.807, 2.05) is 10.1 Å². The summed E-state index contributed by atoms with van der Waals surface area (Å²) >= 11 is 1.61. The summed E-state index contributed by atoms with van der Waals surface area (Å²) in [5.74, 6) is 0.815. The van der Waals surface area contributed by atoms with E-state index in [-0.39, 0.29) is 13.6 Å². The average Bonchev–Trinajstić information content (AvgIpc) is 2.62. The molecular weight excluding hydrogens is 186 g/mol. The van der Waals surface area contributed by atoms with Crippen molar-refractivity contribution in [1.29, 1.82) is 0 Å². The summed E-state index contributed by atoms with van der Waals surface area (Å²) in [6, 6.07) is 0. The van der Waals surface area contributed by atoms with Crippen LogP contribution < -0.4 is 5.32 Å². The SMILES string of the molecule is C.c1csc(C2Nc3ncnn32)n1. The van der Waals surface area contributed by atoms with Crippen LogP contribution in [0.3, 0.4) is 0 Å². The van der Waals surface area contributed by atoms with Gasteiger partial charge >= 0.3 is 0 Å². The summed E-state index contributed by atoms with van der Waals surface area (Å²) in [4.78, 5) is 8.16. The van der Waals surface area contributed by atoms with Crippen molar-refractivity contribution in [3.8, 4) is 0 Å². The number of aromatic nitrogens is 4. The maximum atomic E-state index is 4.18. The lowest BCUT2D eigenvalue weighted by molar-refractivity contribution is 0.507. The second-order valence-electron chi connectivity index (χ2n) is 2.45. The first-order valence-corrected chi connectivity index (χ1v) is 4.38. The zero-order valence-electron chi connectivity index (χ0n) is 6.01. The number of nitrogens with zero attached hydrogens (tertiary/aromatic N) is 4. The molecule has 0 saturated carbocycles. The van der Waals surface area contributed by atoms with Crippen LogP contribution in [0.1, 0.15) is 18.6 Å². The molecule has 0 amide bonds. The highest BCUT2D eigenvalue weighted by Crippen LogP contribution is 2.30. The third kappa shape index (κ3) is 1.02. The summed E-state index contributed by atoms with van der Waals surface area (Å²) in [5.41, 5.74) is 0. The largest absolute Gasteiger partial charge is 0.327 e. The number of hydrogen-bond acceptors (Lipinski definition) is 5. The topological polar surface area (TPSA) is 55.6 Å². The van der Waals surface area contributed by atoms with E-state index in [1.54, 1.807) is 17.5 Å². The molecule has 2 aromatic heterocycles. The lowest BCUT2D eigenvalue weighted by Crippen LogP contribution is -2.32. The molecule has 5 nitrogen and oxygen atoms in total. The Morgan fingerprint density at radius 1 is 1.46 bits per heavy atom. The van der Waals surface area contributed by atoms with Crippen LogP contribution in [0.4, 0.5) is 5.95 Å². The van der Waals surface area contributed by atoms with Gasteiger partial charge in [-0.05, 0) is 0 Å². The molecule has 1 aliphatic rings. The molecule has 1 atom stereocenters. The fourth-order valence-corrected chi connectivity index (χ4v) is 1.87. The summed E-state index contributed by atoms with van der Waals surface area (Å²) < 4.78 is 1.82. The Bertz CT molecular complexity index is 393. The number of thiazole rings is 1. The Kier molecular flexibility index (Phi) is 1.77. The van der Waals surface area contributed by atoms with Crippen LogP contribution >= 0.6 is 11.3 Å². The maximum absolute atomic E-state index is 4.18. The molecule has 13 heavy (non-hydrogen) atoms. The highest BCUT2D eigenvalue weighted by Gasteiger charge is 2.29. The van der Waals surface area contributed by atoms with Crippen molar-refractivity contribution in [1.82, 2.24) is 19.7 Å². The molecule has 0 aromatic carbocycles. The first-order chi connectivity index (χ1) is 5.95. The normalized spacial score (nSPS) is 18.0. The van der Waals surface area contributed by atoms with Crippen LogP contribution in [0, 0.1) is 0 Å². The molecule has 0 bridgehead atoms. The summed E-state index contributed by atoms with van der Waals surface area (Å²) in [7, 11) is 0. The van der Waals surface area contributed by atoms with E-state index in [1.165, 1.54) is 6.33 Å². The van der Waals surface area contributed by atoms with Gasteiger partial charge in [-0.1, -0.05) is 7.43 Å². The van der Waals surface area contributed by atoms with Crippen LogP contribution in [-0.2, 0) is 0 Å². The summed E-state index contributed by atoms with van der Waals surface area (Å²) in [6.45, 7) is 0. The van der Waals surface area contributed by atoms with Crippen molar-refractivity contribution in [2.45, 2.75) is 13.6 Å². The third-order valence-electron chi connectivity index (χ3n) is 1.77. The van der Waals surface area contributed by atoms with Gasteiger partial charge < -0.3 is 5.32 Å². The van der Waals surface area contributed by atoms with Crippen molar-refractivity contribution in [2.75, 3.05) is 5.32 Å². The van der Waals surface area contributed by atoms with Crippen LogP contribution in [0.2, 0.25) is 0 Å². The van der Waals surface area contributed by atoms with E-state index in [0.29, 0.717) is 0 Å². The Labute approximate surface area is 79.5 Å². The number of nitrogens with one attached hydrogen (secondary N) is 1. The average molecular weight is 195 g/mol. The van der Waals surface area contributed by atoms with Gasteiger partial charge in [0.15, 0.2) is 6.17 Å². The standard InChI is InChI=1S/C6H5N5S.CH4/c1-2-12-5(7-1)4-10-6-8-3-9-11(4)6;/h1-4H,(H,8,9,10);1H4. The predicted molar refractivity (Wildman–Crippen MR) is 50.6 cm³/mol. The molecule has 3 rings (SSSR count). The van der Waals surface area contributed by atoms with E-state index in [9.17, 15) is 0 Å². The van der Waals surface area contributed by atoms with Gasteiger partial charge in [0.25, 0.3) is 0 Å². The molecule has 0 aliphatic carbocycles. The zero-order valence-corrected chi connectivity index (χ0v) is 6.82. The second kappa shape index (κ2) is 2.81. The van der Waals surface area contributed by atoms with Crippen LogP contribution in [0.25, 0.3) is 0 Å². The van der Waals surface area contributed by atoms with Crippen LogP contribution in [0.15, 0.2) is 17.9 Å². The molecule has 2 aromatic rings. The number of anilines is 1. The van der Waals surface area contributed by atoms with Crippen molar-refractivity contribution in [3.63, 3.8) is 0 Å². The molecule has 1 aliphatic heterocycles. The van der Waals surface area contributed by atoms with E-state index < -0.39 is 0 Å². The Hall–Kier alpha value is -1.43. The second-order valence-corrected chi connectivity index (χ2v) is 3.37. The van der Waals surface area contributed by atoms with Crippen LogP contribution in [-0.4, -0.2) is 19.7 Å². The molecular formula is C7H9N5S. The first-order valence-electron chi connectivity index (χ1n) is 3.50. The molecule has 6 heteroatoms. The fourth-order valence-electron chi connectivity index (χ4n) is 1.20. The summed E-state index contributed by atoms with van der Waals surface area (Å²) in [6.07, 6.45) is 3.43. The van der Waals surface area contributed by atoms with Crippen molar-refractivity contribution >= 4 is 17.3 Å². The third-order valence-corrected chi connectivity index (χ3v) is 2.60. The van der Waals surface area contributed by atoms with Crippen molar-refractivity contribution < 1.29 is 0 Å². The molecule has 68 valence electrons. The zero-order chi connectivity index (χ0) is 7.97. The molecule has 1 unspecified atom stereocenters. The van der Waals surface area contributed by atoms with Gasteiger partial charge in [-0.25, -0.2) is 9.67 Å². The minimum Gasteiger partial charge on any atom is -0.327 e. The van der Waals surface area contributed by atoms with Gasteiger partial charge in [0, 0.05) is 11.6 Å². The molecule has 0 fully saturated rings. The van der Waals surface area contributed by atoms with E-state index >= 15 is 0 Å². The lowest BCUT2D eigenvalue weighted by Gasteiger charge is -2.26. The van der Waals surface area contributed by atoms with Crippen molar-refractivity contribution in [3.05, 3.63) is 22.9 Å². The Balaban J connectivity index is 0.000000653. The molecule has 0 spiro atoms. The van der Waals surface area contributed by atoms with E-state index in [2.05, 4.69) is 20.4 Å². The van der Waals surface area contributed by atoms with Crippen LogP contribution in [0.5, 0.6) is 0 Å². The van der Waals surface area contributed by atoms with Gasteiger partial charge in [0.05, 0.1) is 0 Å². The molecule has 0 saturated heterocycles. The quantitative estimate of drug-likeness (QED) is 0.746. The highest BCUT2D eigenvalue weighted by molar-refractivity contribution is 7.09. The fraction of sp³-hybridized carbons (Fsp3) is 0.286. The van der Waals surface area contributed by atoms with Gasteiger partial charge in [-0.15, -0.1) is 11.3 Å².